The number of carboxylic acids is 1. The summed E-state index contributed by atoms with van der Waals surface area (Å²) < 4.78 is 25.4. The lowest BCUT2D eigenvalue weighted by Gasteiger charge is -2.19. The number of hydrogen-bond acceptors (Lipinski definition) is 4. The predicted molar refractivity (Wildman–Crippen MR) is 123 cm³/mol. The monoisotopic (exact) mass is 444 g/mol. The number of carboxylic acid groups (broad SMARTS) is 1. The van der Waals surface area contributed by atoms with Crippen molar-refractivity contribution in [3.05, 3.63) is 53.3 Å². The SMILES string of the molecule is CCCCCCCCOc1ccc(C(=O)O)c(C(=O)O[C@H](C)CC)c1-c1cccc(F)c1. The Labute approximate surface area is 189 Å². The lowest BCUT2D eigenvalue weighted by molar-refractivity contribution is 0.0329. The molecule has 0 unspecified atom stereocenters. The Morgan fingerprint density at radius 3 is 2.41 bits per heavy atom. The summed E-state index contributed by atoms with van der Waals surface area (Å²) in [7, 11) is 0. The molecule has 0 aliphatic carbocycles. The van der Waals surface area contributed by atoms with E-state index in [1.807, 2.05) is 6.92 Å². The zero-order valence-electron chi connectivity index (χ0n) is 19.2. The summed E-state index contributed by atoms with van der Waals surface area (Å²) in [5.41, 5.74) is 0.277. The maximum Gasteiger partial charge on any atom is 0.340 e. The molecule has 0 bridgehead atoms. The van der Waals surface area contributed by atoms with Gasteiger partial charge in [-0.2, -0.15) is 0 Å². The van der Waals surface area contributed by atoms with E-state index in [1.54, 1.807) is 13.0 Å². The Kier molecular flexibility index (Phi) is 10.2. The molecule has 0 saturated carbocycles. The molecule has 0 saturated heterocycles. The summed E-state index contributed by atoms with van der Waals surface area (Å²) in [6.45, 7) is 6.19. The molecule has 0 amide bonds. The third-order valence-corrected chi connectivity index (χ3v) is 5.35. The van der Waals surface area contributed by atoms with Crippen molar-refractivity contribution in [2.24, 2.45) is 0 Å². The molecule has 0 aromatic heterocycles. The van der Waals surface area contributed by atoms with E-state index in [9.17, 15) is 19.1 Å². The minimum Gasteiger partial charge on any atom is -0.493 e. The van der Waals surface area contributed by atoms with Crippen LogP contribution < -0.4 is 4.74 Å². The second kappa shape index (κ2) is 12.8. The molecule has 32 heavy (non-hydrogen) atoms. The number of unbranched alkanes of at least 4 members (excludes halogenated alkanes) is 5. The Balaban J connectivity index is 2.43. The lowest BCUT2D eigenvalue weighted by Crippen LogP contribution is -2.19. The number of rotatable bonds is 13. The van der Waals surface area contributed by atoms with Crippen LogP contribution in [-0.2, 0) is 4.74 Å². The molecular formula is C26H33FO5. The molecule has 1 N–H and O–H groups in total. The number of carbonyl (C=O) groups is 2. The van der Waals surface area contributed by atoms with Gasteiger partial charge in [0.1, 0.15) is 11.6 Å². The Bertz CT molecular complexity index is 909. The van der Waals surface area contributed by atoms with E-state index < -0.39 is 23.9 Å². The Morgan fingerprint density at radius 2 is 1.75 bits per heavy atom. The normalized spacial score (nSPS) is 11.8. The fourth-order valence-electron chi connectivity index (χ4n) is 3.41. The van der Waals surface area contributed by atoms with Crippen molar-refractivity contribution in [2.45, 2.75) is 71.8 Å². The second-order valence-electron chi connectivity index (χ2n) is 7.92. The highest BCUT2D eigenvalue weighted by Crippen LogP contribution is 2.37. The van der Waals surface area contributed by atoms with E-state index in [4.69, 9.17) is 9.47 Å². The minimum atomic E-state index is -1.26. The van der Waals surface area contributed by atoms with Gasteiger partial charge in [-0.3, -0.25) is 0 Å². The van der Waals surface area contributed by atoms with Crippen molar-refractivity contribution in [2.75, 3.05) is 6.61 Å². The van der Waals surface area contributed by atoms with Gasteiger partial charge < -0.3 is 14.6 Å². The zero-order chi connectivity index (χ0) is 23.5. The van der Waals surface area contributed by atoms with Crippen LogP contribution in [0.5, 0.6) is 5.75 Å². The Hall–Kier alpha value is -2.89. The van der Waals surface area contributed by atoms with Gasteiger partial charge in [-0.15, -0.1) is 0 Å². The molecule has 174 valence electrons. The van der Waals surface area contributed by atoms with Gasteiger partial charge in [-0.05, 0) is 49.6 Å². The molecule has 2 aromatic carbocycles. The second-order valence-corrected chi connectivity index (χ2v) is 7.92. The van der Waals surface area contributed by atoms with E-state index in [2.05, 4.69) is 6.92 Å². The zero-order valence-corrected chi connectivity index (χ0v) is 19.2. The fourth-order valence-corrected chi connectivity index (χ4v) is 3.41. The highest BCUT2D eigenvalue weighted by Gasteiger charge is 2.27. The number of benzene rings is 2. The fraction of sp³-hybridized carbons (Fsp3) is 0.462. The van der Waals surface area contributed by atoms with Crippen LogP contribution in [0.1, 0.15) is 86.4 Å². The predicted octanol–water partition coefficient (Wildman–Crippen LogP) is 6.89. The van der Waals surface area contributed by atoms with Crippen molar-refractivity contribution in [1.82, 2.24) is 0 Å². The first-order chi connectivity index (χ1) is 15.4. The molecule has 0 fully saturated rings. The molecule has 0 heterocycles. The summed E-state index contributed by atoms with van der Waals surface area (Å²) in [5, 5.41) is 9.72. The van der Waals surface area contributed by atoms with Crippen LogP contribution in [0.25, 0.3) is 11.1 Å². The van der Waals surface area contributed by atoms with E-state index in [-0.39, 0.29) is 16.7 Å². The van der Waals surface area contributed by atoms with Crippen LogP contribution in [0.4, 0.5) is 4.39 Å². The van der Waals surface area contributed by atoms with Crippen molar-refractivity contribution in [3.63, 3.8) is 0 Å². The van der Waals surface area contributed by atoms with Crippen LogP contribution >= 0.6 is 0 Å². The van der Waals surface area contributed by atoms with Crippen LogP contribution in [0.2, 0.25) is 0 Å². The number of carbonyl (C=O) groups excluding carboxylic acids is 1. The molecule has 1 atom stereocenters. The van der Waals surface area contributed by atoms with Crippen LogP contribution in [0, 0.1) is 5.82 Å². The molecular weight excluding hydrogens is 411 g/mol. The van der Waals surface area contributed by atoms with Crippen molar-refractivity contribution in [1.29, 1.82) is 0 Å². The van der Waals surface area contributed by atoms with Crippen LogP contribution in [-0.4, -0.2) is 29.8 Å². The van der Waals surface area contributed by atoms with Gasteiger partial charge in [0.2, 0.25) is 0 Å². The largest absolute Gasteiger partial charge is 0.493 e. The molecule has 2 rings (SSSR count). The number of ether oxygens (including phenoxy) is 2. The maximum atomic E-state index is 14.0. The standard InChI is InChI=1S/C26H33FO5/c1-4-6-7-8-9-10-16-31-22-15-14-21(25(28)29)24(26(30)32-18(3)5-2)23(22)19-12-11-13-20(27)17-19/h11-15,17-18H,4-10,16H2,1-3H3,(H,28,29)/t18-/m1/s1. The van der Waals surface area contributed by atoms with E-state index in [0.29, 0.717) is 24.3 Å². The number of esters is 1. The van der Waals surface area contributed by atoms with E-state index >= 15 is 0 Å². The number of aromatic carboxylic acids is 1. The molecule has 0 aliphatic rings. The minimum absolute atomic E-state index is 0.121. The van der Waals surface area contributed by atoms with Gasteiger partial charge in [0.25, 0.3) is 0 Å². The van der Waals surface area contributed by atoms with Crippen molar-refractivity contribution < 1.29 is 28.6 Å². The third-order valence-electron chi connectivity index (χ3n) is 5.35. The first-order valence-corrected chi connectivity index (χ1v) is 11.4. The average Bonchev–Trinajstić information content (AvgIpc) is 2.77. The maximum absolute atomic E-state index is 14.0. The molecule has 0 aliphatic heterocycles. The van der Waals surface area contributed by atoms with E-state index in [1.165, 1.54) is 49.6 Å². The highest BCUT2D eigenvalue weighted by molar-refractivity contribution is 6.08. The van der Waals surface area contributed by atoms with Gasteiger partial charge in [0.15, 0.2) is 0 Å². The molecule has 0 radical (unpaired) electrons. The first-order valence-electron chi connectivity index (χ1n) is 11.4. The Morgan fingerprint density at radius 1 is 1.03 bits per heavy atom. The molecule has 0 spiro atoms. The summed E-state index contributed by atoms with van der Waals surface area (Å²) >= 11 is 0. The van der Waals surface area contributed by atoms with Gasteiger partial charge in [0.05, 0.1) is 23.8 Å². The van der Waals surface area contributed by atoms with Gasteiger partial charge in [-0.1, -0.05) is 58.1 Å². The number of hydrogen-bond donors (Lipinski definition) is 1. The first kappa shape index (κ1) is 25.4. The van der Waals surface area contributed by atoms with Gasteiger partial charge >= 0.3 is 11.9 Å². The third kappa shape index (κ3) is 7.08. The summed E-state index contributed by atoms with van der Waals surface area (Å²) in [6.07, 6.45) is 6.74. The van der Waals surface area contributed by atoms with Crippen molar-refractivity contribution in [3.8, 4) is 16.9 Å². The molecule has 6 heteroatoms. The lowest BCUT2D eigenvalue weighted by atomic mass is 9.94. The van der Waals surface area contributed by atoms with Crippen LogP contribution in [0.15, 0.2) is 36.4 Å². The quantitative estimate of drug-likeness (QED) is 0.269. The summed E-state index contributed by atoms with van der Waals surface area (Å²) in [4.78, 5) is 24.9. The van der Waals surface area contributed by atoms with Gasteiger partial charge in [-0.25, -0.2) is 14.0 Å². The summed E-state index contributed by atoms with van der Waals surface area (Å²) in [5.74, 6) is -2.18. The molecule has 2 aromatic rings. The smallest absolute Gasteiger partial charge is 0.340 e. The van der Waals surface area contributed by atoms with Crippen molar-refractivity contribution >= 4 is 11.9 Å². The molecule has 5 nitrogen and oxygen atoms in total. The topological polar surface area (TPSA) is 72.8 Å². The van der Waals surface area contributed by atoms with Gasteiger partial charge in [0, 0.05) is 5.56 Å². The van der Waals surface area contributed by atoms with E-state index in [0.717, 1.165) is 19.3 Å². The summed E-state index contributed by atoms with van der Waals surface area (Å²) in [6, 6.07) is 8.56. The average molecular weight is 445 g/mol. The number of halogens is 1. The van der Waals surface area contributed by atoms with Crippen LogP contribution in [0.3, 0.4) is 0 Å². The highest BCUT2D eigenvalue weighted by atomic mass is 19.1.